The normalized spacial score (nSPS) is 12.4. The van der Waals surface area contributed by atoms with Crippen molar-refractivity contribution in [1.82, 2.24) is 14.7 Å². The van der Waals surface area contributed by atoms with Crippen molar-refractivity contribution in [1.29, 1.82) is 0 Å². The molecule has 0 saturated heterocycles. The van der Waals surface area contributed by atoms with Gasteiger partial charge in [-0.15, -0.1) is 0 Å². The van der Waals surface area contributed by atoms with Crippen LogP contribution >= 0.6 is 0 Å². The molecule has 0 aromatic carbocycles. The summed E-state index contributed by atoms with van der Waals surface area (Å²) in [6.45, 7) is 11.0. The van der Waals surface area contributed by atoms with Gasteiger partial charge in [0.05, 0.1) is 12.2 Å². The Morgan fingerprint density at radius 1 is 1.47 bits per heavy atom. The van der Waals surface area contributed by atoms with E-state index in [-0.39, 0.29) is 18.0 Å². The number of aromatic nitrogens is 2. The summed E-state index contributed by atoms with van der Waals surface area (Å²) < 4.78 is 1.80. The van der Waals surface area contributed by atoms with Crippen molar-refractivity contribution in [3.05, 3.63) is 17.5 Å². The number of hydrogen-bond acceptors (Lipinski definition) is 3. The molecule has 0 saturated carbocycles. The Balaban J connectivity index is 2.99. The molecule has 1 aromatic rings. The lowest BCUT2D eigenvalue weighted by molar-refractivity contribution is -0.138. The van der Waals surface area contributed by atoms with Crippen molar-refractivity contribution in [2.45, 2.75) is 52.6 Å². The Morgan fingerprint density at radius 3 is 2.47 bits per heavy atom. The molecule has 0 aliphatic rings. The minimum Gasteiger partial charge on any atom is -0.480 e. The van der Waals surface area contributed by atoms with E-state index in [1.54, 1.807) is 4.68 Å². The van der Waals surface area contributed by atoms with Gasteiger partial charge in [-0.25, -0.2) is 0 Å². The minimum absolute atomic E-state index is 0.0392. The molecule has 1 N–H and O–H groups in total. The van der Waals surface area contributed by atoms with Crippen LogP contribution in [0.15, 0.2) is 6.20 Å². The minimum atomic E-state index is -0.796. The molecule has 1 aromatic heterocycles. The van der Waals surface area contributed by atoms with Crippen LogP contribution in [0.2, 0.25) is 0 Å². The van der Waals surface area contributed by atoms with Crippen LogP contribution in [0.3, 0.4) is 0 Å². The lowest BCUT2D eigenvalue weighted by atomic mass is 9.89. The molecule has 1 heterocycles. The third-order valence-electron chi connectivity index (χ3n) is 3.06. The first-order chi connectivity index (χ1) is 8.61. The summed E-state index contributed by atoms with van der Waals surface area (Å²) >= 11 is 0. The van der Waals surface area contributed by atoms with Crippen LogP contribution in [0.25, 0.3) is 0 Å². The fourth-order valence-electron chi connectivity index (χ4n) is 2.10. The van der Waals surface area contributed by atoms with Crippen LogP contribution in [0.5, 0.6) is 0 Å². The maximum atomic E-state index is 10.9. The van der Waals surface area contributed by atoms with Gasteiger partial charge >= 0.3 is 5.97 Å². The van der Waals surface area contributed by atoms with E-state index in [0.29, 0.717) is 6.54 Å². The molecule has 0 spiro atoms. The maximum absolute atomic E-state index is 10.9. The second kappa shape index (κ2) is 5.74. The molecular weight excluding hydrogens is 242 g/mol. The Hall–Kier alpha value is -1.36. The van der Waals surface area contributed by atoms with Crippen LogP contribution in [-0.2, 0) is 23.8 Å². The van der Waals surface area contributed by atoms with Gasteiger partial charge in [0.15, 0.2) is 0 Å². The van der Waals surface area contributed by atoms with Crippen molar-refractivity contribution in [3.8, 4) is 0 Å². The van der Waals surface area contributed by atoms with Crippen LogP contribution < -0.4 is 0 Å². The van der Waals surface area contributed by atoms with E-state index in [2.05, 4.69) is 25.9 Å². The van der Waals surface area contributed by atoms with Crippen molar-refractivity contribution in [2.24, 2.45) is 7.05 Å². The van der Waals surface area contributed by atoms with E-state index in [4.69, 9.17) is 5.11 Å². The van der Waals surface area contributed by atoms with E-state index < -0.39 is 5.97 Å². The van der Waals surface area contributed by atoms with Crippen molar-refractivity contribution >= 4 is 5.97 Å². The first-order valence-electron chi connectivity index (χ1n) is 6.60. The SMILES string of the molecule is CC(C)N(CC(=O)O)Cc1cn(C)nc1C(C)(C)C. The van der Waals surface area contributed by atoms with Gasteiger partial charge in [-0.3, -0.25) is 14.4 Å². The highest BCUT2D eigenvalue weighted by Crippen LogP contribution is 2.25. The summed E-state index contributed by atoms with van der Waals surface area (Å²) in [6, 6.07) is 0.184. The Labute approximate surface area is 115 Å². The zero-order chi connectivity index (χ0) is 14.8. The Bertz CT molecular complexity index is 444. The molecule has 0 aliphatic heterocycles. The molecule has 0 aliphatic carbocycles. The molecule has 0 unspecified atom stereocenters. The summed E-state index contributed by atoms with van der Waals surface area (Å²) in [4.78, 5) is 12.9. The highest BCUT2D eigenvalue weighted by Gasteiger charge is 2.24. The van der Waals surface area contributed by atoms with Crippen LogP contribution in [0.1, 0.15) is 45.9 Å². The second-order valence-electron chi connectivity index (χ2n) is 6.32. The number of carboxylic acid groups (broad SMARTS) is 1. The highest BCUT2D eigenvalue weighted by atomic mass is 16.4. The topological polar surface area (TPSA) is 58.4 Å². The lowest BCUT2D eigenvalue weighted by Crippen LogP contribution is -2.35. The Kier molecular flexibility index (Phi) is 4.74. The Morgan fingerprint density at radius 2 is 2.05 bits per heavy atom. The molecule has 0 atom stereocenters. The van der Waals surface area contributed by atoms with Gasteiger partial charge in [0.1, 0.15) is 0 Å². The van der Waals surface area contributed by atoms with E-state index in [9.17, 15) is 4.79 Å². The lowest BCUT2D eigenvalue weighted by Gasteiger charge is -2.26. The van der Waals surface area contributed by atoms with Gasteiger partial charge in [-0.2, -0.15) is 5.10 Å². The third-order valence-corrected chi connectivity index (χ3v) is 3.06. The number of carboxylic acids is 1. The molecule has 0 amide bonds. The first kappa shape index (κ1) is 15.7. The highest BCUT2D eigenvalue weighted by molar-refractivity contribution is 5.69. The van der Waals surface area contributed by atoms with E-state index in [1.807, 2.05) is 32.0 Å². The molecular formula is C14H25N3O2. The molecule has 0 radical (unpaired) electrons. The van der Waals surface area contributed by atoms with Crippen molar-refractivity contribution < 1.29 is 9.90 Å². The predicted molar refractivity (Wildman–Crippen MR) is 75.1 cm³/mol. The average Bonchev–Trinajstić information content (AvgIpc) is 2.57. The van der Waals surface area contributed by atoms with Crippen molar-refractivity contribution in [3.63, 3.8) is 0 Å². The molecule has 1 rings (SSSR count). The fraction of sp³-hybridized carbons (Fsp3) is 0.714. The van der Waals surface area contributed by atoms with E-state index in [0.717, 1.165) is 11.3 Å². The van der Waals surface area contributed by atoms with E-state index in [1.165, 1.54) is 0 Å². The van der Waals surface area contributed by atoms with Gasteiger partial charge < -0.3 is 5.11 Å². The molecule has 19 heavy (non-hydrogen) atoms. The number of aryl methyl sites for hydroxylation is 1. The number of carbonyl (C=O) groups is 1. The van der Waals surface area contributed by atoms with Crippen molar-refractivity contribution in [2.75, 3.05) is 6.54 Å². The van der Waals surface area contributed by atoms with Crippen LogP contribution in [-0.4, -0.2) is 38.3 Å². The van der Waals surface area contributed by atoms with Gasteiger partial charge in [-0.1, -0.05) is 20.8 Å². The van der Waals surface area contributed by atoms with Gasteiger partial charge in [-0.05, 0) is 13.8 Å². The number of hydrogen-bond donors (Lipinski definition) is 1. The number of rotatable bonds is 5. The van der Waals surface area contributed by atoms with E-state index >= 15 is 0 Å². The van der Waals surface area contributed by atoms with Crippen LogP contribution in [0, 0.1) is 0 Å². The summed E-state index contributed by atoms with van der Waals surface area (Å²) in [5, 5.41) is 13.5. The number of nitrogens with zero attached hydrogens (tertiary/aromatic N) is 3. The van der Waals surface area contributed by atoms with Gasteiger partial charge in [0.2, 0.25) is 0 Å². The molecule has 5 heteroatoms. The summed E-state index contributed by atoms with van der Waals surface area (Å²) in [6.07, 6.45) is 1.98. The largest absolute Gasteiger partial charge is 0.480 e. The van der Waals surface area contributed by atoms with Gasteiger partial charge in [0.25, 0.3) is 0 Å². The quantitative estimate of drug-likeness (QED) is 0.886. The summed E-state index contributed by atoms with van der Waals surface area (Å²) in [5.41, 5.74) is 2.10. The number of aliphatic carboxylic acids is 1. The average molecular weight is 267 g/mol. The zero-order valence-corrected chi connectivity index (χ0v) is 12.8. The third kappa shape index (κ3) is 4.35. The first-order valence-corrected chi connectivity index (χ1v) is 6.60. The standard InChI is InChI=1S/C14H25N3O2/c1-10(2)17(9-12(18)19)8-11-7-16(6)15-13(11)14(3,4)5/h7,10H,8-9H2,1-6H3,(H,18,19). The molecule has 5 nitrogen and oxygen atoms in total. The molecule has 0 fully saturated rings. The predicted octanol–water partition coefficient (Wildman–Crippen LogP) is 2.01. The monoisotopic (exact) mass is 267 g/mol. The van der Waals surface area contributed by atoms with Gasteiger partial charge in [0, 0.05) is 36.8 Å². The summed E-state index contributed by atoms with van der Waals surface area (Å²) in [7, 11) is 1.90. The maximum Gasteiger partial charge on any atom is 0.317 e. The smallest absolute Gasteiger partial charge is 0.317 e. The summed E-state index contributed by atoms with van der Waals surface area (Å²) in [5.74, 6) is -0.796. The second-order valence-corrected chi connectivity index (χ2v) is 6.32. The molecule has 108 valence electrons. The fourth-order valence-corrected chi connectivity index (χ4v) is 2.10. The molecule has 0 bridgehead atoms. The van der Waals surface area contributed by atoms with Crippen LogP contribution in [0.4, 0.5) is 0 Å². The zero-order valence-electron chi connectivity index (χ0n) is 12.8.